The standard InChI is InChI=1S/C16H12O2.Mn.2H3N/c17-15-11-5-3-9-13(15)7-1-2-8-14-10-4-6-12-16(14)18;;;/h3-12,17-18H;;2*1H3. The number of hydrogen-bond donors (Lipinski definition) is 4. The zero-order valence-corrected chi connectivity index (χ0v) is 12.6. The van der Waals surface area contributed by atoms with Crippen LogP contribution in [0.15, 0.2) is 60.0 Å². The Morgan fingerprint density at radius 1 is 0.667 bits per heavy atom. The first kappa shape index (κ1) is 21.1. The van der Waals surface area contributed by atoms with E-state index in [1.165, 1.54) is 0 Å². The second kappa shape index (κ2) is 10.6. The summed E-state index contributed by atoms with van der Waals surface area (Å²) < 4.78 is 0. The number of para-hydroxylation sites is 2. The minimum Gasteiger partial charge on any atom is -0.507 e. The molecule has 0 aliphatic rings. The van der Waals surface area contributed by atoms with Crippen LogP contribution in [0.2, 0.25) is 0 Å². The Kier molecular flexibility index (Phi) is 10.6. The molecule has 2 rings (SSSR count). The molecule has 0 aliphatic carbocycles. The molecule has 0 spiro atoms. The molecular weight excluding hydrogens is 307 g/mol. The van der Waals surface area contributed by atoms with Gasteiger partial charge in [-0.25, -0.2) is 0 Å². The molecular formula is C16H18MnN2O2. The number of rotatable bonds is 2. The fraction of sp³-hybridized carbons (Fsp3) is 0. The van der Waals surface area contributed by atoms with Crippen LogP contribution in [0.1, 0.15) is 11.1 Å². The number of phenolic OH excluding ortho intramolecular Hbond substituents is 2. The van der Waals surface area contributed by atoms with Crippen molar-refractivity contribution in [2.45, 2.75) is 0 Å². The van der Waals surface area contributed by atoms with E-state index in [2.05, 4.69) is 11.5 Å². The Balaban J connectivity index is 0. The zero-order chi connectivity index (χ0) is 12.8. The number of hydrogen-bond acceptors (Lipinski definition) is 4. The summed E-state index contributed by atoms with van der Waals surface area (Å²) in [6, 6.07) is 14.0. The van der Waals surface area contributed by atoms with Crippen molar-refractivity contribution in [2.24, 2.45) is 0 Å². The quantitative estimate of drug-likeness (QED) is 0.495. The van der Waals surface area contributed by atoms with Crippen molar-refractivity contribution in [3.05, 3.63) is 71.1 Å². The normalized spacial score (nSPS) is 7.81. The minimum absolute atomic E-state index is 0. The molecule has 2 aromatic rings. The summed E-state index contributed by atoms with van der Waals surface area (Å²) in [7, 11) is 0. The van der Waals surface area contributed by atoms with E-state index in [1.54, 1.807) is 48.6 Å². The molecule has 0 heterocycles. The molecule has 21 heavy (non-hydrogen) atoms. The van der Waals surface area contributed by atoms with Gasteiger partial charge in [-0.05, 0) is 24.3 Å². The Morgan fingerprint density at radius 3 is 1.33 bits per heavy atom. The maximum Gasteiger partial charge on any atom is 0.123 e. The van der Waals surface area contributed by atoms with Crippen LogP contribution >= 0.6 is 0 Å². The first-order chi connectivity index (χ1) is 8.77. The van der Waals surface area contributed by atoms with Gasteiger partial charge in [0.25, 0.3) is 0 Å². The summed E-state index contributed by atoms with van der Waals surface area (Å²) in [5, 5.41) is 19.0. The molecule has 0 unspecified atom stereocenters. The Hall–Kier alpha value is -2.22. The van der Waals surface area contributed by atoms with Gasteiger partial charge >= 0.3 is 0 Å². The van der Waals surface area contributed by atoms with Crippen molar-refractivity contribution in [3.8, 4) is 11.5 Å². The van der Waals surface area contributed by atoms with Gasteiger partial charge in [0.1, 0.15) is 11.5 Å². The topological polar surface area (TPSA) is 110 Å². The van der Waals surface area contributed by atoms with E-state index in [-0.39, 0.29) is 40.9 Å². The first-order valence-electron chi connectivity index (χ1n) is 5.51. The van der Waals surface area contributed by atoms with Crippen LogP contribution in [0.3, 0.4) is 0 Å². The summed E-state index contributed by atoms with van der Waals surface area (Å²) in [5.74, 6) is 0.406. The molecule has 0 saturated heterocycles. The van der Waals surface area contributed by atoms with E-state index < -0.39 is 0 Å². The van der Waals surface area contributed by atoms with Crippen molar-refractivity contribution in [1.29, 1.82) is 0 Å². The SMILES string of the molecule is N.N.Oc1ccccc1C=C=C=Cc1ccccc1O.[Mn]. The van der Waals surface area contributed by atoms with E-state index in [0.29, 0.717) is 11.1 Å². The number of phenols is 2. The first-order valence-corrected chi connectivity index (χ1v) is 5.51. The van der Waals surface area contributed by atoms with E-state index in [0.717, 1.165) is 0 Å². The summed E-state index contributed by atoms with van der Waals surface area (Å²) in [5.41, 5.74) is 6.99. The van der Waals surface area contributed by atoms with Gasteiger partial charge in [-0.3, -0.25) is 0 Å². The van der Waals surface area contributed by atoms with Crippen LogP contribution in [0.25, 0.3) is 12.2 Å². The van der Waals surface area contributed by atoms with Gasteiger partial charge in [-0.2, -0.15) is 0 Å². The third-order valence-electron chi connectivity index (χ3n) is 2.41. The van der Waals surface area contributed by atoms with Gasteiger partial charge in [0.15, 0.2) is 0 Å². The van der Waals surface area contributed by atoms with Crippen molar-refractivity contribution >= 4 is 12.2 Å². The molecule has 1 radical (unpaired) electrons. The molecule has 5 heteroatoms. The average Bonchev–Trinajstić information content (AvgIpc) is 2.38. The van der Waals surface area contributed by atoms with E-state index in [1.807, 2.05) is 12.1 Å². The monoisotopic (exact) mass is 325 g/mol. The fourth-order valence-corrected chi connectivity index (χ4v) is 1.46. The van der Waals surface area contributed by atoms with Gasteiger partial charge in [0, 0.05) is 28.2 Å². The van der Waals surface area contributed by atoms with Gasteiger partial charge in [-0.15, -0.1) is 0 Å². The predicted octanol–water partition coefficient (Wildman–Crippen LogP) is 3.90. The van der Waals surface area contributed by atoms with Gasteiger partial charge in [-0.1, -0.05) is 47.9 Å². The van der Waals surface area contributed by atoms with E-state index >= 15 is 0 Å². The van der Waals surface area contributed by atoms with Crippen molar-refractivity contribution in [3.63, 3.8) is 0 Å². The molecule has 0 aromatic heterocycles. The second-order valence-corrected chi connectivity index (χ2v) is 3.69. The molecule has 0 atom stereocenters. The molecule has 0 fully saturated rings. The van der Waals surface area contributed by atoms with E-state index in [4.69, 9.17) is 0 Å². The molecule has 0 aliphatic heterocycles. The zero-order valence-electron chi connectivity index (χ0n) is 11.5. The van der Waals surface area contributed by atoms with Crippen LogP contribution in [0.5, 0.6) is 11.5 Å². The molecule has 4 nitrogen and oxygen atoms in total. The smallest absolute Gasteiger partial charge is 0.123 e. The van der Waals surface area contributed by atoms with Crippen LogP contribution < -0.4 is 12.3 Å². The van der Waals surface area contributed by atoms with Gasteiger partial charge < -0.3 is 22.5 Å². The Bertz CT molecular complexity index is 601. The van der Waals surface area contributed by atoms with Crippen LogP contribution in [-0.4, -0.2) is 10.2 Å². The fourth-order valence-electron chi connectivity index (χ4n) is 1.46. The Morgan fingerprint density at radius 2 is 1.00 bits per heavy atom. The maximum absolute atomic E-state index is 9.52. The molecule has 0 saturated carbocycles. The minimum atomic E-state index is 0. The van der Waals surface area contributed by atoms with Crippen LogP contribution in [0.4, 0.5) is 0 Å². The number of benzene rings is 2. The molecule has 8 N–H and O–H groups in total. The predicted molar refractivity (Wildman–Crippen MR) is 82.2 cm³/mol. The average molecular weight is 325 g/mol. The summed E-state index contributed by atoms with van der Waals surface area (Å²) in [6.45, 7) is 0. The van der Waals surface area contributed by atoms with Crippen molar-refractivity contribution in [1.82, 2.24) is 12.3 Å². The molecule has 2 aromatic carbocycles. The third-order valence-corrected chi connectivity index (χ3v) is 2.41. The van der Waals surface area contributed by atoms with Gasteiger partial charge in [0.2, 0.25) is 0 Å². The third kappa shape index (κ3) is 6.17. The van der Waals surface area contributed by atoms with Gasteiger partial charge in [0.05, 0.1) is 0 Å². The van der Waals surface area contributed by atoms with Crippen LogP contribution in [0, 0.1) is 0 Å². The second-order valence-electron chi connectivity index (χ2n) is 3.69. The molecule has 0 bridgehead atoms. The summed E-state index contributed by atoms with van der Waals surface area (Å²) >= 11 is 0. The number of aromatic hydroxyl groups is 2. The molecule has 111 valence electrons. The largest absolute Gasteiger partial charge is 0.507 e. The van der Waals surface area contributed by atoms with Crippen molar-refractivity contribution in [2.75, 3.05) is 0 Å². The molecule has 0 amide bonds. The summed E-state index contributed by atoms with van der Waals surface area (Å²) in [6.07, 6.45) is 3.26. The maximum atomic E-state index is 9.52. The van der Waals surface area contributed by atoms with E-state index in [9.17, 15) is 10.2 Å². The Labute approximate surface area is 134 Å². The summed E-state index contributed by atoms with van der Waals surface area (Å²) in [4.78, 5) is 0. The van der Waals surface area contributed by atoms with Crippen molar-refractivity contribution < 1.29 is 27.3 Å². The van der Waals surface area contributed by atoms with Crippen LogP contribution in [-0.2, 0) is 17.1 Å².